The number of benzene rings is 2. The summed E-state index contributed by atoms with van der Waals surface area (Å²) in [7, 11) is 3.92. The summed E-state index contributed by atoms with van der Waals surface area (Å²) in [5, 5.41) is 14.7. The summed E-state index contributed by atoms with van der Waals surface area (Å²) >= 11 is 6.30. The Morgan fingerprint density at radius 3 is 2.54 bits per heavy atom. The minimum absolute atomic E-state index is 0.0202. The van der Waals surface area contributed by atoms with E-state index in [1.54, 1.807) is 24.3 Å². The second kappa shape index (κ2) is 8.07. The van der Waals surface area contributed by atoms with Crippen molar-refractivity contribution in [3.8, 4) is 5.69 Å². The number of hydrogen-bond acceptors (Lipinski definition) is 5. The third-order valence-electron chi connectivity index (χ3n) is 4.09. The van der Waals surface area contributed by atoms with Crippen LogP contribution in [0.5, 0.6) is 0 Å². The van der Waals surface area contributed by atoms with E-state index >= 15 is 0 Å². The zero-order valence-electron chi connectivity index (χ0n) is 14.5. The third-order valence-corrected chi connectivity index (χ3v) is 4.43. The average molecular weight is 371 g/mol. The maximum atomic E-state index is 12.5. The highest BCUT2D eigenvalue weighted by molar-refractivity contribution is 6.31. The Bertz CT molecular complexity index is 864. The second-order valence-electron chi connectivity index (χ2n) is 6.01. The van der Waals surface area contributed by atoms with Gasteiger partial charge in [0.2, 0.25) is 0 Å². The SMILES string of the molecule is CN(C)[C@H](CNC(=O)c1ccc(-n2cnnn2)cc1)c1ccccc1Cl. The molecule has 0 radical (unpaired) electrons. The van der Waals surface area contributed by atoms with Crippen molar-refractivity contribution >= 4 is 17.5 Å². The van der Waals surface area contributed by atoms with E-state index in [2.05, 4.69) is 20.8 Å². The molecule has 0 unspecified atom stereocenters. The summed E-state index contributed by atoms with van der Waals surface area (Å²) in [6.45, 7) is 0.449. The Hall–Kier alpha value is -2.77. The molecule has 0 aliphatic heterocycles. The smallest absolute Gasteiger partial charge is 0.251 e. The van der Waals surface area contributed by atoms with Crippen molar-refractivity contribution < 1.29 is 4.79 Å². The summed E-state index contributed by atoms with van der Waals surface area (Å²) in [6, 6.07) is 14.7. The van der Waals surface area contributed by atoms with E-state index in [9.17, 15) is 4.79 Å². The molecular formula is C18H19ClN6O. The quantitative estimate of drug-likeness (QED) is 0.720. The summed E-state index contributed by atoms with van der Waals surface area (Å²) in [5.74, 6) is -0.146. The van der Waals surface area contributed by atoms with E-state index < -0.39 is 0 Å². The first-order chi connectivity index (χ1) is 12.6. The van der Waals surface area contributed by atoms with Crippen LogP contribution in [0.3, 0.4) is 0 Å². The van der Waals surface area contributed by atoms with E-state index in [0.29, 0.717) is 17.1 Å². The maximum Gasteiger partial charge on any atom is 0.251 e. The van der Waals surface area contributed by atoms with Crippen molar-refractivity contribution in [2.75, 3.05) is 20.6 Å². The molecule has 1 heterocycles. The predicted molar refractivity (Wildman–Crippen MR) is 99.4 cm³/mol. The molecule has 0 saturated heterocycles. The Balaban J connectivity index is 1.68. The Labute approximate surface area is 156 Å². The lowest BCUT2D eigenvalue weighted by atomic mass is 10.1. The number of amides is 1. The average Bonchev–Trinajstić information content (AvgIpc) is 3.18. The number of rotatable bonds is 6. The van der Waals surface area contributed by atoms with Gasteiger partial charge in [0.1, 0.15) is 6.33 Å². The summed E-state index contributed by atoms with van der Waals surface area (Å²) in [6.07, 6.45) is 1.50. The molecule has 8 heteroatoms. The number of hydrogen-bond donors (Lipinski definition) is 1. The molecule has 2 aromatic carbocycles. The fourth-order valence-electron chi connectivity index (χ4n) is 2.65. The second-order valence-corrected chi connectivity index (χ2v) is 6.42. The number of carbonyl (C=O) groups is 1. The Kier molecular flexibility index (Phi) is 5.60. The fraction of sp³-hybridized carbons (Fsp3) is 0.222. The van der Waals surface area contributed by atoms with Crippen molar-refractivity contribution in [3.05, 3.63) is 71.0 Å². The van der Waals surface area contributed by atoms with Crippen LogP contribution in [0.15, 0.2) is 54.9 Å². The predicted octanol–water partition coefficient (Wildman–Crippen LogP) is 2.35. The van der Waals surface area contributed by atoms with E-state index in [0.717, 1.165) is 11.3 Å². The zero-order chi connectivity index (χ0) is 18.5. The van der Waals surface area contributed by atoms with Crippen LogP contribution in [0.2, 0.25) is 5.02 Å². The number of nitrogens with one attached hydrogen (secondary N) is 1. The highest BCUT2D eigenvalue weighted by atomic mass is 35.5. The maximum absolute atomic E-state index is 12.5. The Morgan fingerprint density at radius 1 is 1.19 bits per heavy atom. The largest absolute Gasteiger partial charge is 0.350 e. The van der Waals surface area contributed by atoms with Crippen LogP contribution in [0.1, 0.15) is 22.0 Å². The molecule has 1 atom stereocenters. The minimum Gasteiger partial charge on any atom is -0.350 e. The molecule has 3 rings (SSSR count). The molecule has 0 spiro atoms. The first-order valence-corrected chi connectivity index (χ1v) is 8.46. The van der Waals surface area contributed by atoms with Crippen LogP contribution in [-0.2, 0) is 0 Å². The van der Waals surface area contributed by atoms with Gasteiger partial charge in [0, 0.05) is 17.1 Å². The van der Waals surface area contributed by atoms with Gasteiger partial charge < -0.3 is 10.2 Å². The minimum atomic E-state index is -0.146. The van der Waals surface area contributed by atoms with E-state index in [1.807, 2.05) is 43.3 Å². The van der Waals surface area contributed by atoms with Gasteiger partial charge >= 0.3 is 0 Å². The number of tetrazole rings is 1. The molecule has 0 fully saturated rings. The van der Waals surface area contributed by atoms with E-state index in [4.69, 9.17) is 11.6 Å². The van der Waals surface area contributed by atoms with Gasteiger partial charge in [-0.2, -0.15) is 0 Å². The van der Waals surface area contributed by atoms with Crippen molar-refractivity contribution in [2.24, 2.45) is 0 Å². The third kappa shape index (κ3) is 4.07. The van der Waals surface area contributed by atoms with E-state index in [1.165, 1.54) is 11.0 Å². The van der Waals surface area contributed by atoms with Crippen LogP contribution in [0.4, 0.5) is 0 Å². The first kappa shape index (κ1) is 18.0. The molecule has 1 N–H and O–H groups in total. The lowest BCUT2D eigenvalue weighted by Gasteiger charge is -2.26. The summed E-state index contributed by atoms with van der Waals surface area (Å²) in [4.78, 5) is 14.5. The monoisotopic (exact) mass is 370 g/mol. The molecule has 0 bridgehead atoms. The molecule has 0 saturated carbocycles. The van der Waals surface area contributed by atoms with Gasteiger partial charge in [-0.25, -0.2) is 4.68 Å². The zero-order valence-corrected chi connectivity index (χ0v) is 15.3. The van der Waals surface area contributed by atoms with Crippen LogP contribution >= 0.6 is 11.6 Å². The normalized spacial score (nSPS) is 12.2. The van der Waals surface area contributed by atoms with Gasteiger partial charge in [0.25, 0.3) is 5.91 Å². The first-order valence-electron chi connectivity index (χ1n) is 8.08. The number of carbonyl (C=O) groups excluding carboxylic acids is 1. The van der Waals surface area contributed by atoms with Gasteiger partial charge in [-0.05, 0) is 60.4 Å². The highest BCUT2D eigenvalue weighted by Gasteiger charge is 2.18. The molecular weight excluding hydrogens is 352 g/mol. The molecule has 3 aromatic rings. The number of likely N-dealkylation sites (N-methyl/N-ethyl adjacent to an activating group) is 1. The Morgan fingerprint density at radius 2 is 1.92 bits per heavy atom. The lowest BCUT2D eigenvalue weighted by Crippen LogP contribution is -2.34. The van der Waals surface area contributed by atoms with E-state index in [-0.39, 0.29) is 11.9 Å². The molecule has 0 aliphatic rings. The van der Waals surface area contributed by atoms with Crippen molar-refractivity contribution in [2.45, 2.75) is 6.04 Å². The molecule has 7 nitrogen and oxygen atoms in total. The van der Waals surface area contributed by atoms with Crippen LogP contribution in [-0.4, -0.2) is 51.7 Å². The van der Waals surface area contributed by atoms with Gasteiger partial charge in [0.05, 0.1) is 11.7 Å². The van der Waals surface area contributed by atoms with Crippen molar-refractivity contribution in [1.29, 1.82) is 0 Å². The highest BCUT2D eigenvalue weighted by Crippen LogP contribution is 2.25. The number of halogens is 1. The standard InChI is InChI=1S/C18H19ClN6O/c1-24(2)17(15-5-3-4-6-16(15)19)11-20-18(26)13-7-9-14(10-8-13)25-12-21-22-23-25/h3-10,12,17H,11H2,1-2H3,(H,20,26)/t17-/m1/s1. The lowest BCUT2D eigenvalue weighted by molar-refractivity contribution is 0.0942. The van der Waals surface area contributed by atoms with Crippen LogP contribution in [0, 0.1) is 0 Å². The summed E-state index contributed by atoms with van der Waals surface area (Å²) < 4.78 is 1.53. The molecule has 26 heavy (non-hydrogen) atoms. The molecule has 1 amide bonds. The van der Waals surface area contributed by atoms with Crippen molar-refractivity contribution in [3.63, 3.8) is 0 Å². The van der Waals surface area contributed by atoms with Gasteiger partial charge in [-0.1, -0.05) is 29.8 Å². The summed E-state index contributed by atoms with van der Waals surface area (Å²) in [5.41, 5.74) is 2.33. The molecule has 0 aliphatic carbocycles. The van der Waals surface area contributed by atoms with Crippen LogP contribution < -0.4 is 5.32 Å². The molecule has 1 aromatic heterocycles. The van der Waals surface area contributed by atoms with Gasteiger partial charge in [0.15, 0.2) is 0 Å². The van der Waals surface area contributed by atoms with Gasteiger partial charge in [-0.3, -0.25) is 4.79 Å². The van der Waals surface area contributed by atoms with Crippen LogP contribution in [0.25, 0.3) is 5.69 Å². The number of aromatic nitrogens is 4. The van der Waals surface area contributed by atoms with Crippen molar-refractivity contribution in [1.82, 2.24) is 30.4 Å². The molecule has 134 valence electrons. The number of nitrogens with zero attached hydrogens (tertiary/aromatic N) is 5. The fourth-order valence-corrected chi connectivity index (χ4v) is 2.91. The van der Waals surface area contributed by atoms with Gasteiger partial charge in [-0.15, -0.1) is 5.10 Å². The topological polar surface area (TPSA) is 75.9 Å².